The number of furan rings is 1. The van der Waals surface area contributed by atoms with E-state index in [0.717, 1.165) is 16.4 Å². The van der Waals surface area contributed by atoms with Gasteiger partial charge in [-0.15, -0.1) is 0 Å². The third-order valence-corrected chi connectivity index (χ3v) is 6.05. The van der Waals surface area contributed by atoms with E-state index in [1.165, 1.54) is 0 Å². The first-order chi connectivity index (χ1) is 16.4. The van der Waals surface area contributed by atoms with Gasteiger partial charge in [0.15, 0.2) is 0 Å². The fourth-order valence-corrected chi connectivity index (χ4v) is 3.66. The van der Waals surface area contributed by atoms with E-state index in [4.69, 9.17) is 20.6 Å². The Hall–Kier alpha value is -2.82. The predicted octanol–water partition coefficient (Wildman–Crippen LogP) is 6.07. The van der Waals surface area contributed by atoms with Crippen LogP contribution in [-0.4, -0.2) is 18.3 Å². The Balaban J connectivity index is 1.66. The molecule has 4 aromatic rings. The Labute approximate surface area is 184 Å². The van der Waals surface area contributed by atoms with E-state index in [2.05, 4.69) is 0 Å². The third kappa shape index (κ3) is 3.08. The molecule has 1 saturated heterocycles. The molecular formula is C26H25BO3. The summed E-state index contributed by atoms with van der Waals surface area (Å²) in [6.07, 6.45) is 0. The maximum absolute atomic E-state index is 8.46. The number of hydrogen-bond acceptors (Lipinski definition) is 3. The second-order valence-corrected chi connectivity index (χ2v) is 8.51. The minimum Gasteiger partial charge on any atom is -0.455 e. The lowest BCUT2D eigenvalue weighted by atomic mass is 9.78. The zero-order chi connectivity index (χ0) is 25.3. The van der Waals surface area contributed by atoms with E-state index >= 15 is 0 Å². The van der Waals surface area contributed by atoms with E-state index in [9.17, 15) is 0 Å². The van der Waals surface area contributed by atoms with E-state index in [1.807, 2.05) is 70.2 Å². The van der Waals surface area contributed by atoms with Crippen molar-refractivity contribution in [1.82, 2.24) is 0 Å². The first-order valence-electron chi connectivity index (χ1n) is 12.5. The summed E-state index contributed by atoms with van der Waals surface area (Å²) in [7, 11) is -0.504. The summed E-state index contributed by atoms with van der Waals surface area (Å²) < 4.78 is 59.5. The molecule has 3 nitrogen and oxygen atoms in total. The highest BCUT2D eigenvalue weighted by Gasteiger charge is 2.51. The van der Waals surface area contributed by atoms with Crippen molar-refractivity contribution in [1.29, 1.82) is 0 Å². The molecule has 0 saturated carbocycles. The fraction of sp³-hybridized carbons (Fsp3) is 0.231. The van der Waals surface area contributed by atoms with Gasteiger partial charge < -0.3 is 13.7 Å². The van der Waals surface area contributed by atoms with Gasteiger partial charge in [-0.25, -0.2) is 0 Å². The smallest absolute Gasteiger partial charge is 0.455 e. The van der Waals surface area contributed by atoms with Crippen molar-refractivity contribution in [3.63, 3.8) is 0 Å². The lowest BCUT2D eigenvalue weighted by Crippen LogP contribution is -2.41. The molecule has 30 heavy (non-hydrogen) atoms. The molecule has 5 rings (SSSR count). The predicted molar refractivity (Wildman–Crippen MR) is 123 cm³/mol. The summed E-state index contributed by atoms with van der Waals surface area (Å²) >= 11 is 0. The molecule has 1 aromatic heterocycles. The minimum atomic E-state index is -0.504. The molecule has 0 bridgehead atoms. The molecule has 1 aliphatic rings. The van der Waals surface area contributed by atoms with Crippen LogP contribution in [0.4, 0.5) is 0 Å². The van der Waals surface area contributed by atoms with Crippen LogP contribution in [0.3, 0.4) is 0 Å². The monoisotopic (exact) mass is 401 g/mol. The Bertz CT molecular complexity index is 1420. The molecule has 2 heterocycles. The van der Waals surface area contributed by atoms with Gasteiger partial charge in [0.05, 0.1) is 18.1 Å². The van der Waals surface area contributed by atoms with Crippen molar-refractivity contribution in [2.75, 3.05) is 0 Å². The average Bonchev–Trinajstić information content (AvgIpc) is 3.30. The van der Waals surface area contributed by atoms with Crippen LogP contribution in [0.25, 0.3) is 33.4 Å². The summed E-state index contributed by atoms with van der Waals surface area (Å²) in [5.41, 5.74) is 2.02. The van der Waals surface area contributed by atoms with Crippen LogP contribution in [0.15, 0.2) is 83.2 Å². The Kier molecular flexibility index (Phi) is 3.26. The number of hydrogen-bond donors (Lipinski definition) is 0. The third-order valence-electron chi connectivity index (χ3n) is 6.05. The molecule has 1 aliphatic heterocycles. The molecule has 150 valence electrons. The van der Waals surface area contributed by atoms with Crippen LogP contribution in [-0.2, 0) is 9.31 Å². The first kappa shape index (κ1) is 14.2. The molecule has 4 heteroatoms. The second kappa shape index (κ2) is 6.87. The summed E-state index contributed by atoms with van der Waals surface area (Å²) in [6, 6.07) is 13.2. The summed E-state index contributed by atoms with van der Waals surface area (Å²) in [5.74, 6) is 0.242. The van der Waals surface area contributed by atoms with Gasteiger partial charge in [0.1, 0.15) is 11.3 Å². The fourth-order valence-electron chi connectivity index (χ4n) is 3.66. The van der Waals surface area contributed by atoms with Gasteiger partial charge in [0.2, 0.25) is 0 Å². The van der Waals surface area contributed by atoms with Gasteiger partial charge in [0, 0.05) is 16.5 Å². The lowest BCUT2D eigenvalue weighted by molar-refractivity contribution is 0.00578. The minimum absolute atomic E-state index is 0.0391. The molecular weight excluding hydrogens is 371 g/mol. The normalized spacial score (nSPS) is 19.9. The average molecular weight is 401 g/mol. The Morgan fingerprint density at radius 1 is 0.767 bits per heavy atom. The topological polar surface area (TPSA) is 31.6 Å². The van der Waals surface area contributed by atoms with Crippen LogP contribution < -0.4 is 5.46 Å². The van der Waals surface area contributed by atoms with Crippen molar-refractivity contribution in [3.8, 4) is 22.5 Å². The van der Waals surface area contributed by atoms with Gasteiger partial charge in [-0.05, 0) is 44.8 Å². The van der Waals surface area contributed by atoms with E-state index in [1.54, 1.807) is 6.07 Å². The Morgan fingerprint density at radius 3 is 2.07 bits per heavy atom. The molecule has 0 N–H and O–H groups in total. The van der Waals surface area contributed by atoms with Crippen LogP contribution >= 0.6 is 0 Å². The highest BCUT2D eigenvalue weighted by atomic mass is 16.7. The van der Waals surface area contributed by atoms with Crippen molar-refractivity contribution >= 4 is 23.6 Å². The molecule has 0 amide bonds. The van der Waals surface area contributed by atoms with Gasteiger partial charge in [-0.2, -0.15) is 0 Å². The van der Waals surface area contributed by atoms with Gasteiger partial charge >= 0.3 is 7.12 Å². The van der Waals surface area contributed by atoms with Crippen molar-refractivity contribution in [2.45, 2.75) is 38.9 Å². The van der Waals surface area contributed by atoms with Crippen molar-refractivity contribution < 1.29 is 20.6 Å². The molecule has 0 radical (unpaired) electrons. The standard InChI is InChI=1S/C26H25BO3/c1-25(2)26(3,4)30-27(29-25)20-16-14-18(15-17-20)23-21-12-8-9-13-22(21)28-24(23)19-10-6-5-7-11-19/h5-17H,1-4H3/i5D,6D,7D,10D,11D. The number of benzene rings is 3. The second-order valence-electron chi connectivity index (χ2n) is 8.51. The van der Waals surface area contributed by atoms with Crippen LogP contribution in [0, 0.1) is 0 Å². The van der Waals surface area contributed by atoms with Gasteiger partial charge in [-0.3, -0.25) is 0 Å². The quantitative estimate of drug-likeness (QED) is 0.391. The zero-order valence-corrected chi connectivity index (χ0v) is 17.4. The molecule has 0 atom stereocenters. The summed E-state index contributed by atoms with van der Waals surface area (Å²) in [5, 5.41) is 0.790. The van der Waals surface area contributed by atoms with Crippen LogP contribution in [0.1, 0.15) is 34.5 Å². The Morgan fingerprint density at radius 2 is 1.40 bits per heavy atom. The lowest BCUT2D eigenvalue weighted by Gasteiger charge is -2.32. The summed E-state index contributed by atoms with van der Waals surface area (Å²) in [6.45, 7) is 8.02. The number of para-hydroxylation sites is 1. The molecule has 1 fully saturated rings. The highest BCUT2D eigenvalue weighted by molar-refractivity contribution is 6.62. The van der Waals surface area contributed by atoms with Gasteiger partial charge in [0.25, 0.3) is 0 Å². The zero-order valence-electron chi connectivity index (χ0n) is 22.4. The van der Waals surface area contributed by atoms with Crippen LogP contribution in [0.2, 0.25) is 0 Å². The van der Waals surface area contributed by atoms with Crippen molar-refractivity contribution in [3.05, 3.63) is 78.7 Å². The molecule has 0 unspecified atom stereocenters. The number of rotatable bonds is 3. The molecule has 0 spiro atoms. The molecule has 3 aromatic carbocycles. The van der Waals surface area contributed by atoms with E-state index < -0.39 is 36.4 Å². The molecule has 0 aliphatic carbocycles. The SMILES string of the molecule is [2H]c1c([2H])c([2H])c(-c2oc3ccccc3c2-c2ccc(B3OC(C)(C)C(C)(C)O3)cc2)c([2H])c1[2H]. The maximum Gasteiger partial charge on any atom is 0.494 e. The van der Waals surface area contributed by atoms with Crippen LogP contribution in [0.5, 0.6) is 0 Å². The summed E-state index contributed by atoms with van der Waals surface area (Å²) in [4.78, 5) is 0. The van der Waals surface area contributed by atoms with E-state index in [0.29, 0.717) is 11.1 Å². The van der Waals surface area contributed by atoms with Crippen molar-refractivity contribution in [2.24, 2.45) is 0 Å². The maximum atomic E-state index is 8.46. The largest absolute Gasteiger partial charge is 0.494 e. The highest BCUT2D eigenvalue weighted by Crippen LogP contribution is 2.41. The first-order valence-corrected chi connectivity index (χ1v) is 9.98. The number of fused-ring (bicyclic) bond motifs is 1. The van der Waals surface area contributed by atoms with Gasteiger partial charge in [-0.1, -0.05) is 72.7 Å². The van der Waals surface area contributed by atoms with E-state index in [-0.39, 0.29) is 23.4 Å².